The van der Waals surface area contributed by atoms with Crippen LogP contribution in [0.25, 0.3) is 5.69 Å². The molecule has 0 bridgehead atoms. The Hall–Kier alpha value is -3.73. The normalized spacial score (nSPS) is 11.7. The first-order chi connectivity index (χ1) is 14.3. The molecule has 0 spiro atoms. The van der Waals surface area contributed by atoms with E-state index in [4.69, 9.17) is 14.4 Å². The van der Waals surface area contributed by atoms with Gasteiger partial charge in [-0.1, -0.05) is 0 Å². The summed E-state index contributed by atoms with van der Waals surface area (Å²) in [7, 11) is 1.54. The lowest BCUT2D eigenvalue weighted by molar-refractivity contribution is -0.704. The lowest BCUT2D eigenvalue weighted by atomic mass is 10.2. The van der Waals surface area contributed by atoms with E-state index in [0.29, 0.717) is 11.4 Å². The van der Waals surface area contributed by atoms with Crippen molar-refractivity contribution in [3.8, 4) is 17.2 Å². The molecule has 1 amide bonds. The topological polar surface area (TPSA) is 146 Å². The van der Waals surface area contributed by atoms with Gasteiger partial charge in [-0.15, -0.1) is 0 Å². The molecule has 30 heavy (non-hydrogen) atoms. The molecular weight excluding hydrogens is 414 g/mol. The summed E-state index contributed by atoms with van der Waals surface area (Å²) >= 11 is 0.966. The number of nitrogens with one attached hydrogen (secondary N) is 2. The minimum absolute atomic E-state index is 0.153. The van der Waals surface area contributed by atoms with E-state index in [1.165, 1.54) is 23.9 Å². The summed E-state index contributed by atoms with van der Waals surface area (Å²) < 4.78 is 11.4. The van der Waals surface area contributed by atoms with Gasteiger partial charge in [-0.2, -0.15) is 0 Å². The highest BCUT2D eigenvalue weighted by Crippen LogP contribution is 2.24. The van der Waals surface area contributed by atoms with Gasteiger partial charge < -0.3 is 20.3 Å². The molecule has 1 aromatic heterocycles. The molecule has 0 aliphatic rings. The third-order valence-electron chi connectivity index (χ3n) is 4.09. The maximum Gasteiger partial charge on any atom is 0.442 e. The summed E-state index contributed by atoms with van der Waals surface area (Å²) in [5.74, 6) is -1.56. The Morgan fingerprint density at radius 3 is 2.57 bits per heavy atom. The number of H-pyrrole nitrogens is 1. The Labute approximate surface area is 174 Å². The SMILES string of the molecule is COc1ccc(-[n+]2[nH]oc(=O)c2SC(C)C(=O)Nc2ccc(O)c(C(=O)O)c2)cc1. The second-order valence-electron chi connectivity index (χ2n) is 6.11. The number of aromatic nitrogens is 2. The van der Waals surface area contributed by atoms with Gasteiger partial charge in [-0.25, -0.2) is 9.59 Å². The van der Waals surface area contributed by atoms with E-state index in [1.807, 2.05) is 0 Å². The Balaban J connectivity index is 1.77. The molecule has 4 N–H and O–H groups in total. The molecule has 3 aromatic rings. The van der Waals surface area contributed by atoms with Crippen molar-refractivity contribution < 1.29 is 33.7 Å². The number of hydrogen-bond acceptors (Lipinski definition) is 7. The number of phenols is 1. The highest BCUT2D eigenvalue weighted by molar-refractivity contribution is 8.00. The van der Waals surface area contributed by atoms with Gasteiger partial charge in [0, 0.05) is 17.8 Å². The van der Waals surface area contributed by atoms with E-state index in [0.717, 1.165) is 17.8 Å². The number of benzene rings is 2. The van der Waals surface area contributed by atoms with E-state index in [-0.39, 0.29) is 16.3 Å². The number of amides is 1. The van der Waals surface area contributed by atoms with Crippen LogP contribution >= 0.6 is 11.8 Å². The molecule has 0 aliphatic heterocycles. The molecule has 0 saturated carbocycles. The number of anilines is 1. The summed E-state index contributed by atoms with van der Waals surface area (Å²) in [5, 5.41) is 23.1. The quantitative estimate of drug-likeness (QED) is 0.251. The average molecular weight is 432 g/mol. The van der Waals surface area contributed by atoms with Crippen LogP contribution in [0.15, 0.2) is 56.8 Å². The molecule has 1 atom stereocenters. The predicted molar refractivity (Wildman–Crippen MR) is 106 cm³/mol. The number of rotatable bonds is 7. The van der Waals surface area contributed by atoms with Gasteiger partial charge in [0.25, 0.3) is 0 Å². The Bertz CT molecular complexity index is 1140. The number of thioether (sulfide) groups is 1. The van der Waals surface area contributed by atoms with Crippen LogP contribution in [0.4, 0.5) is 5.69 Å². The van der Waals surface area contributed by atoms with Gasteiger partial charge in [0.15, 0.2) is 0 Å². The summed E-state index contributed by atoms with van der Waals surface area (Å²) in [6, 6.07) is 10.5. The van der Waals surface area contributed by atoms with Gasteiger partial charge in [0.2, 0.25) is 11.6 Å². The number of carboxylic acid groups (broad SMARTS) is 1. The lowest BCUT2D eigenvalue weighted by Crippen LogP contribution is -2.37. The number of ether oxygens (including phenoxy) is 1. The fraction of sp³-hybridized carbons (Fsp3) is 0.158. The van der Waals surface area contributed by atoms with Gasteiger partial charge in [-0.05, 0) is 59.0 Å². The molecule has 11 heteroatoms. The zero-order valence-corrected chi connectivity index (χ0v) is 16.7. The number of aromatic carboxylic acids is 1. The first-order valence-electron chi connectivity index (χ1n) is 8.62. The minimum atomic E-state index is -1.32. The summed E-state index contributed by atoms with van der Waals surface area (Å²) in [6.07, 6.45) is 0. The maximum absolute atomic E-state index is 12.5. The fourth-order valence-corrected chi connectivity index (χ4v) is 3.40. The van der Waals surface area contributed by atoms with Crippen molar-refractivity contribution >= 4 is 29.3 Å². The van der Waals surface area contributed by atoms with Crippen LogP contribution in [-0.2, 0) is 4.79 Å². The number of carboxylic acids is 1. The second kappa shape index (κ2) is 8.74. The zero-order valence-electron chi connectivity index (χ0n) is 15.9. The molecule has 1 heterocycles. The van der Waals surface area contributed by atoms with Gasteiger partial charge in [0.1, 0.15) is 17.1 Å². The molecule has 0 radical (unpaired) electrons. The number of methoxy groups -OCH3 is 1. The Morgan fingerprint density at radius 2 is 1.93 bits per heavy atom. The van der Waals surface area contributed by atoms with Crippen LogP contribution in [0.3, 0.4) is 0 Å². The van der Waals surface area contributed by atoms with Crippen molar-refractivity contribution in [3.63, 3.8) is 0 Å². The largest absolute Gasteiger partial charge is 0.507 e. The van der Waals surface area contributed by atoms with E-state index in [1.54, 1.807) is 31.2 Å². The van der Waals surface area contributed by atoms with Crippen molar-refractivity contribution in [1.82, 2.24) is 5.27 Å². The highest BCUT2D eigenvalue weighted by atomic mass is 32.2. The standard InChI is InChI=1S/C19H17N3O7S/c1-10(16(24)20-11-3-8-15(23)14(9-11)18(25)26)30-17-19(27)29-21-22(17)12-4-6-13(28-2)7-5-12/h3-10,21H,1-2H3,(H2,25,26,27)/p+1. The van der Waals surface area contributed by atoms with E-state index < -0.39 is 28.5 Å². The molecule has 156 valence electrons. The summed E-state index contributed by atoms with van der Waals surface area (Å²) in [5.41, 5.74) is -0.182. The molecule has 0 aliphatic carbocycles. The number of nitrogens with zero attached hydrogens (tertiary/aromatic N) is 1. The maximum atomic E-state index is 12.5. The number of aromatic amines is 1. The summed E-state index contributed by atoms with van der Waals surface area (Å²) in [4.78, 5) is 35.8. The predicted octanol–water partition coefficient (Wildman–Crippen LogP) is 1.78. The number of aromatic hydroxyl groups is 1. The van der Waals surface area contributed by atoms with Crippen LogP contribution in [0, 0.1) is 0 Å². The van der Waals surface area contributed by atoms with Gasteiger partial charge >= 0.3 is 16.6 Å². The smallest absolute Gasteiger partial charge is 0.442 e. The zero-order chi connectivity index (χ0) is 21.8. The molecule has 2 aromatic carbocycles. The molecular formula is C19H18N3O7S+. The minimum Gasteiger partial charge on any atom is -0.507 e. The molecule has 3 rings (SSSR count). The van der Waals surface area contributed by atoms with Crippen LogP contribution in [0.5, 0.6) is 11.5 Å². The van der Waals surface area contributed by atoms with Gasteiger partial charge in [0.05, 0.1) is 12.4 Å². The first kappa shape index (κ1) is 21.0. The van der Waals surface area contributed by atoms with Crippen molar-refractivity contribution in [2.75, 3.05) is 12.4 Å². The highest BCUT2D eigenvalue weighted by Gasteiger charge is 2.29. The average Bonchev–Trinajstić information content (AvgIpc) is 3.09. The van der Waals surface area contributed by atoms with Crippen molar-refractivity contribution in [1.29, 1.82) is 0 Å². The van der Waals surface area contributed by atoms with Crippen molar-refractivity contribution in [2.45, 2.75) is 17.2 Å². The van der Waals surface area contributed by atoms with Gasteiger partial charge in [-0.3, -0.25) is 9.32 Å². The number of carbonyl (C=O) groups is 2. The Kier molecular flexibility index (Phi) is 6.11. The lowest BCUT2D eigenvalue weighted by Gasteiger charge is -2.10. The molecule has 0 saturated heterocycles. The third kappa shape index (κ3) is 4.46. The van der Waals surface area contributed by atoms with Crippen LogP contribution < -0.4 is 20.4 Å². The van der Waals surface area contributed by atoms with E-state index in [2.05, 4.69) is 10.6 Å². The molecule has 1 unspecified atom stereocenters. The first-order valence-corrected chi connectivity index (χ1v) is 9.50. The van der Waals surface area contributed by atoms with Crippen molar-refractivity contribution in [2.24, 2.45) is 0 Å². The van der Waals surface area contributed by atoms with Crippen LogP contribution in [0.2, 0.25) is 0 Å². The van der Waals surface area contributed by atoms with E-state index >= 15 is 0 Å². The third-order valence-corrected chi connectivity index (χ3v) is 5.23. The number of carbonyl (C=O) groups excluding carboxylic acids is 1. The second-order valence-corrected chi connectivity index (χ2v) is 7.44. The Morgan fingerprint density at radius 1 is 1.23 bits per heavy atom. The molecule has 0 fully saturated rings. The van der Waals surface area contributed by atoms with E-state index in [9.17, 15) is 19.5 Å². The monoisotopic (exact) mass is 432 g/mol. The van der Waals surface area contributed by atoms with Crippen LogP contribution in [0.1, 0.15) is 17.3 Å². The van der Waals surface area contributed by atoms with Crippen molar-refractivity contribution in [3.05, 3.63) is 58.4 Å². The van der Waals surface area contributed by atoms with Crippen LogP contribution in [-0.4, -0.2) is 39.7 Å². The fourth-order valence-electron chi connectivity index (χ4n) is 2.52. The number of hydrogen-bond donors (Lipinski definition) is 4. The summed E-state index contributed by atoms with van der Waals surface area (Å²) in [6.45, 7) is 1.59. The molecule has 10 nitrogen and oxygen atoms in total.